The summed E-state index contributed by atoms with van der Waals surface area (Å²) in [5.41, 5.74) is 0. The van der Waals surface area contributed by atoms with E-state index >= 15 is 0 Å². The fourth-order valence-electron chi connectivity index (χ4n) is 2.15. The van der Waals surface area contributed by atoms with Gasteiger partial charge in [0.1, 0.15) is 0 Å². The Labute approximate surface area is 125 Å². The first-order valence-corrected chi connectivity index (χ1v) is 8.43. The van der Waals surface area contributed by atoms with Crippen molar-refractivity contribution in [1.82, 2.24) is 0 Å². The van der Waals surface area contributed by atoms with Crippen molar-refractivity contribution in [3.63, 3.8) is 0 Å². The van der Waals surface area contributed by atoms with E-state index in [-0.39, 0.29) is 0 Å². The summed E-state index contributed by atoms with van der Waals surface area (Å²) in [6.45, 7) is 0. The molecule has 0 unspecified atom stereocenters. The van der Waals surface area contributed by atoms with Crippen LogP contribution in [0.15, 0.2) is 91.0 Å². The molecular weight excluding hydrogens is 279 g/mol. The minimum absolute atomic E-state index is 0.668. The Kier molecular flexibility index (Phi) is 4.01. The highest BCUT2D eigenvalue weighted by Crippen LogP contribution is 2.52. The van der Waals surface area contributed by atoms with Crippen LogP contribution in [0.4, 0.5) is 0 Å². The molecule has 0 fully saturated rings. The Morgan fingerprint density at radius 2 is 0.952 bits per heavy atom. The van der Waals surface area contributed by atoms with Crippen LogP contribution >= 0.6 is 7.72 Å². The Bertz CT molecular complexity index is 645. The van der Waals surface area contributed by atoms with Gasteiger partial charge in [-0.05, 0) is 36.4 Å². The zero-order chi connectivity index (χ0) is 14.5. The van der Waals surface area contributed by atoms with Gasteiger partial charge in [-0.1, -0.05) is 54.6 Å². The van der Waals surface area contributed by atoms with Crippen molar-refractivity contribution in [2.24, 2.45) is 0 Å². The fourth-order valence-corrected chi connectivity index (χ4v) is 4.24. The number of para-hydroxylation sites is 1. The third-order valence-corrected chi connectivity index (χ3v) is 5.66. The smallest absolute Gasteiger partial charge is 0.309 e. The molecule has 3 aromatic carbocycles. The van der Waals surface area contributed by atoms with Gasteiger partial charge in [-0.25, -0.2) is 4.89 Å². The van der Waals surface area contributed by atoms with Crippen molar-refractivity contribution in [3.05, 3.63) is 91.0 Å². The molecule has 0 heterocycles. The average Bonchev–Trinajstić information content (AvgIpc) is 2.57. The van der Waals surface area contributed by atoms with Crippen LogP contribution in [-0.4, -0.2) is 4.89 Å². The maximum absolute atomic E-state index is 11.3. The van der Waals surface area contributed by atoms with Crippen molar-refractivity contribution in [2.45, 2.75) is 0 Å². The zero-order valence-electron chi connectivity index (χ0n) is 11.5. The molecule has 0 saturated carbocycles. The summed E-state index contributed by atoms with van der Waals surface area (Å²) in [7, 11) is -2.90. The van der Waals surface area contributed by atoms with Crippen LogP contribution in [0, 0.1) is 0 Å². The zero-order valence-corrected chi connectivity index (χ0v) is 12.4. The molecule has 3 rings (SSSR count). The average molecular weight is 295 g/mol. The summed E-state index contributed by atoms with van der Waals surface area (Å²) in [5, 5.41) is 1.61. The molecular formula is C18H16O2P+. The van der Waals surface area contributed by atoms with Crippen LogP contribution in [0.25, 0.3) is 0 Å². The molecule has 104 valence electrons. The molecule has 0 atom stereocenters. The first-order chi connectivity index (χ1) is 10.3. The van der Waals surface area contributed by atoms with Gasteiger partial charge in [-0.2, -0.15) is 0 Å². The Hall–Kier alpha value is -2.15. The third kappa shape index (κ3) is 2.97. The van der Waals surface area contributed by atoms with E-state index in [1.165, 1.54) is 0 Å². The number of hydrogen-bond donors (Lipinski definition) is 1. The number of benzene rings is 3. The normalized spacial score (nSPS) is 11.1. The van der Waals surface area contributed by atoms with Crippen molar-refractivity contribution >= 4 is 18.3 Å². The maximum atomic E-state index is 11.3. The standard InChI is InChI=1S/C18H16O2P/c19-21(17-12-6-2-7-13-17,18-14-8-3-9-15-18)20-16-10-4-1-5-11-16/h1-15,19H/q+1. The van der Waals surface area contributed by atoms with E-state index < -0.39 is 7.72 Å². The molecule has 0 aliphatic heterocycles. The molecule has 0 spiro atoms. The first kappa shape index (κ1) is 13.8. The molecule has 3 heteroatoms. The van der Waals surface area contributed by atoms with Crippen molar-refractivity contribution in [2.75, 3.05) is 0 Å². The third-order valence-electron chi connectivity index (χ3n) is 3.19. The van der Waals surface area contributed by atoms with Crippen LogP contribution in [-0.2, 0) is 0 Å². The highest BCUT2D eigenvalue weighted by Gasteiger charge is 2.45. The summed E-state index contributed by atoms with van der Waals surface area (Å²) in [4.78, 5) is 11.3. The van der Waals surface area contributed by atoms with Crippen LogP contribution in [0.1, 0.15) is 0 Å². The monoisotopic (exact) mass is 295 g/mol. The van der Waals surface area contributed by atoms with Crippen LogP contribution in [0.2, 0.25) is 0 Å². The second kappa shape index (κ2) is 6.09. The second-order valence-electron chi connectivity index (χ2n) is 4.65. The SMILES string of the molecule is O[P+](Oc1ccccc1)(c1ccccc1)c1ccccc1. The molecule has 2 nitrogen and oxygen atoms in total. The van der Waals surface area contributed by atoms with Gasteiger partial charge in [0.15, 0.2) is 16.4 Å². The highest BCUT2D eigenvalue weighted by molar-refractivity contribution is 7.80. The Morgan fingerprint density at radius 3 is 1.38 bits per heavy atom. The van der Waals surface area contributed by atoms with Crippen LogP contribution in [0.5, 0.6) is 5.75 Å². The van der Waals surface area contributed by atoms with Gasteiger partial charge >= 0.3 is 7.72 Å². The summed E-state index contributed by atoms with van der Waals surface area (Å²) in [6.07, 6.45) is 0. The Balaban J connectivity index is 2.07. The molecule has 0 bridgehead atoms. The quantitative estimate of drug-likeness (QED) is 0.746. The summed E-state index contributed by atoms with van der Waals surface area (Å²) < 4.78 is 6.04. The van der Waals surface area contributed by atoms with Gasteiger partial charge < -0.3 is 4.52 Å². The van der Waals surface area contributed by atoms with Crippen molar-refractivity contribution in [3.8, 4) is 5.75 Å². The number of hydrogen-bond acceptors (Lipinski definition) is 2. The van der Waals surface area contributed by atoms with Gasteiger partial charge in [0.25, 0.3) is 0 Å². The van der Waals surface area contributed by atoms with E-state index in [1.807, 2.05) is 91.0 Å². The molecule has 0 aliphatic rings. The van der Waals surface area contributed by atoms with Gasteiger partial charge in [-0.3, -0.25) is 0 Å². The maximum Gasteiger partial charge on any atom is 0.382 e. The minimum atomic E-state index is -2.90. The lowest BCUT2D eigenvalue weighted by atomic mass is 10.3. The largest absolute Gasteiger partial charge is 0.382 e. The van der Waals surface area contributed by atoms with E-state index in [9.17, 15) is 4.89 Å². The molecule has 1 N–H and O–H groups in total. The fraction of sp³-hybridized carbons (Fsp3) is 0. The van der Waals surface area contributed by atoms with Crippen LogP contribution < -0.4 is 15.1 Å². The molecule has 0 aliphatic carbocycles. The van der Waals surface area contributed by atoms with Gasteiger partial charge in [-0.15, -0.1) is 0 Å². The molecule has 0 aromatic heterocycles. The highest BCUT2D eigenvalue weighted by atomic mass is 31.2. The molecule has 0 saturated heterocycles. The van der Waals surface area contributed by atoms with E-state index in [0.29, 0.717) is 5.75 Å². The van der Waals surface area contributed by atoms with Crippen LogP contribution in [0.3, 0.4) is 0 Å². The van der Waals surface area contributed by atoms with Gasteiger partial charge in [0.05, 0.1) is 0 Å². The van der Waals surface area contributed by atoms with Crippen molar-refractivity contribution in [1.29, 1.82) is 0 Å². The molecule has 3 aromatic rings. The second-order valence-corrected chi connectivity index (χ2v) is 7.02. The predicted molar refractivity (Wildman–Crippen MR) is 88.4 cm³/mol. The topological polar surface area (TPSA) is 29.5 Å². The van der Waals surface area contributed by atoms with E-state index in [2.05, 4.69) is 0 Å². The molecule has 0 amide bonds. The Morgan fingerprint density at radius 1 is 0.571 bits per heavy atom. The summed E-state index contributed by atoms with van der Waals surface area (Å²) >= 11 is 0. The van der Waals surface area contributed by atoms with E-state index in [0.717, 1.165) is 10.6 Å². The molecule has 21 heavy (non-hydrogen) atoms. The van der Waals surface area contributed by atoms with E-state index in [4.69, 9.17) is 4.52 Å². The lowest BCUT2D eigenvalue weighted by molar-refractivity contribution is 0.483. The van der Waals surface area contributed by atoms with Gasteiger partial charge in [0, 0.05) is 0 Å². The van der Waals surface area contributed by atoms with E-state index in [1.54, 1.807) is 0 Å². The van der Waals surface area contributed by atoms with Crippen molar-refractivity contribution < 1.29 is 9.42 Å². The first-order valence-electron chi connectivity index (χ1n) is 6.77. The molecule has 0 radical (unpaired) electrons. The summed E-state index contributed by atoms with van der Waals surface area (Å²) in [6, 6.07) is 28.6. The van der Waals surface area contributed by atoms with Gasteiger partial charge in [0.2, 0.25) is 0 Å². The summed E-state index contributed by atoms with van der Waals surface area (Å²) in [5.74, 6) is 0.668. The predicted octanol–water partition coefficient (Wildman–Crippen LogP) is 3.56. The lowest BCUT2D eigenvalue weighted by Crippen LogP contribution is -2.25. The lowest BCUT2D eigenvalue weighted by Gasteiger charge is -2.18. The minimum Gasteiger partial charge on any atom is -0.309 e. The number of rotatable bonds is 4.